The molecule has 26 heavy (non-hydrogen) atoms. The number of phenols is 1. The molecule has 0 heterocycles. The van der Waals surface area contributed by atoms with Gasteiger partial charge in [0.05, 0.1) is 17.7 Å². The number of nitrogens with zero attached hydrogens (tertiary/aromatic N) is 2. The molecule has 0 atom stereocenters. The number of nitro groups is 1. The lowest BCUT2D eigenvalue weighted by atomic mass is 10.2. The number of amides is 1. The first-order valence-electron chi connectivity index (χ1n) is 7.64. The maximum Gasteiger partial charge on any atom is 0.277 e. The van der Waals surface area contributed by atoms with Crippen LogP contribution in [0.15, 0.2) is 47.6 Å². The zero-order valence-corrected chi connectivity index (χ0v) is 13.9. The summed E-state index contributed by atoms with van der Waals surface area (Å²) >= 11 is 0. The fourth-order valence-corrected chi connectivity index (χ4v) is 1.91. The molecule has 2 rings (SSSR count). The monoisotopic (exact) mass is 359 g/mol. The highest BCUT2D eigenvalue weighted by Gasteiger charge is 2.06. The van der Waals surface area contributed by atoms with E-state index >= 15 is 0 Å². The molecule has 0 aromatic heterocycles. The van der Waals surface area contributed by atoms with Crippen molar-refractivity contribution in [2.45, 2.75) is 6.92 Å². The molecule has 0 spiro atoms. The number of nitrogens with one attached hydrogen (secondary N) is 1. The number of nitro benzene ring substituents is 1. The van der Waals surface area contributed by atoms with Crippen molar-refractivity contribution in [1.29, 1.82) is 0 Å². The van der Waals surface area contributed by atoms with Crippen LogP contribution in [0.3, 0.4) is 0 Å². The highest BCUT2D eigenvalue weighted by molar-refractivity contribution is 5.83. The van der Waals surface area contributed by atoms with E-state index in [1.807, 2.05) is 0 Å². The van der Waals surface area contributed by atoms with Gasteiger partial charge >= 0.3 is 0 Å². The van der Waals surface area contributed by atoms with Crippen molar-refractivity contribution in [3.05, 3.63) is 58.1 Å². The third-order valence-corrected chi connectivity index (χ3v) is 3.10. The summed E-state index contributed by atoms with van der Waals surface area (Å²) in [5.74, 6) is 0.173. The van der Waals surface area contributed by atoms with Crippen molar-refractivity contribution >= 4 is 17.8 Å². The molecule has 9 heteroatoms. The fraction of sp³-hybridized carbons (Fsp3) is 0.176. The van der Waals surface area contributed by atoms with Crippen LogP contribution in [0, 0.1) is 10.1 Å². The van der Waals surface area contributed by atoms with Crippen LogP contribution in [0.5, 0.6) is 17.2 Å². The Bertz CT molecular complexity index is 805. The van der Waals surface area contributed by atoms with Crippen LogP contribution in [-0.2, 0) is 4.79 Å². The highest BCUT2D eigenvalue weighted by Crippen LogP contribution is 2.26. The smallest absolute Gasteiger partial charge is 0.277 e. The van der Waals surface area contributed by atoms with Gasteiger partial charge in [0.2, 0.25) is 0 Å². The normalized spacial score (nSPS) is 10.5. The second-order valence-electron chi connectivity index (χ2n) is 4.99. The summed E-state index contributed by atoms with van der Waals surface area (Å²) < 4.78 is 10.5. The molecule has 0 saturated carbocycles. The molecule has 2 aromatic rings. The minimum absolute atomic E-state index is 0.0181. The van der Waals surface area contributed by atoms with E-state index in [-0.39, 0.29) is 18.0 Å². The van der Waals surface area contributed by atoms with Crippen molar-refractivity contribution in [3.63, 3.8) is 0 Å². The number of ether oxygens (including phenoxy) is 2. The summed E-state index contributed by atoms with van der Waals surface area (Å²) in [6.45, 7) is 1.91. The standard InChI is InChI=1S/C17H17N3O6/c1-2-25-16-9-12(3-8-15(16)21)10-18-19-17(22)11-26-14-6-4-13(5-7-14)20(23)24/h3-10,21H,2,11H2,1H3,(H,19,22). The van der Waals surface area contributed by atoms with Crippen LogP contribution in [-0.4, -0.2) is 35.4 Å². The van der Waals surface area contributed by atoms with Crippen LogP contribution >= 0.6 is 0 Å². The van der Waals surface area contributed by atoms with E-state index in [9.17, 15) is 20.0 Å². The maximum absolute atomic E-state index is 11.7. The van der Waals surface area contributed by atoms with E-state index < -0.39 is 10.8 Å². The molecular formula is C17H17N3O6. The average molecular weight is 359 g/mol. The first-order chi connectivity index (χ1) is 12.5. The number of aromatic hydroxyl groups is 1. The van der Waals surface area contributed by atoms with Gasteiger partial charge in [0, 0.05) is 12.1 Å². The molecule has 0 unspecified atom stereocenters. The first-order valence-corrected chi connectivity index (χ1v) is 7.64. The minimum Gasteiger partial charge on any atom is -0.504 e. The molecule has 2 aromatic carbocycles. The Morgan fingerprint density at radius 2 is 2.00 bits per heavy atom. The molecule has 9 nitrogen and oxygen atoms in total. The number of phenolic OH excluding ortho intramolecular Hbond substituents is 1. The molecule has 136 valence electrons. The van der Waals surface area contributed by atoms with Crippen LogP contribution in [0.25, 0.3) is 0 Å². The Balaban J connectivity index is 1.83. The zero-order valence-electron chi connectivity index (χ0n) is 13.9. The lowest BCUT2D eigenvalue weighted by Crippen LogP contribution is -2.24. The highest BCUT2D eigenvalue weighted by atomic mass is 16.6. The Hall–Kier alpha value is -3.62. The SMILES string of the molecule is CCOc1cc(C=NNC(=O)COc2ccc([N+](=O)[O-])cc2)ccc1O. The number of carbonyl (C=O) groups is 1. The number of hydrogen-bond donors (Lipinski definition) is 2. The Kier molecular flexibility index (Phi) is 6.49. The van der Waals surface area contributed by atoms with E-state index in [0.717, 1.165) is 0 Å². The molecule has 2 N–H and O–H groups in total. The summed E-state index contributed by atoms with van der Waals surface area (Å²) in [6, 6.07) is 10.0. The van der Waals surface area contributed by atoms with Crippen molar-refractivity contribution < 1.29 is 24.3 Å². The number of hydrogen-bond acceptors (Lipinski definition) is 7. The summed E-state index contributed by atoms with van der Waals surface area (Å²) in [5, 5.41) is 24.0. The van der Waals surface area contributed by atoms with E-state index in [2.05, 4.69) is 10.5 Å². The second-order valence-corrected chi connectivity index (χ2v) is 4.99. The van der Waals surface area contributed by atoms with Crippen LogP contribution in [0.1, 0.15) is 12.5 Å². The van der Waals surface area contributed by atoms with Gasteiger partial charge in [-0.25, -0.2) is 5.43 Å². The zero-order chi connectivity index (χ0) is 18.9. The molecule has 0 bridgehead atoms. The number of benzene rings is 2. The van der Waals surface area contributed by atoms with E-state index in [0.29, 0.717) is 23.7 Å². The molecule has 0 aliphatic carbocycles. The summed E-state index contributed by atoms with van der Waals surface area (Å²) in [4.78, 5) is 21.7. The maximum atomic E-state index is 11.7. The van der Waals surface area contributed by atoms with Gasteiger partial charge < -0.3 is 14.6 Å². The number of hydrazone groups is 1. The summed E-state index contributed by atoms with van der Waals surface area (Å²) in [6.07, 6.45) is 1.39. The molecular weight excluding hydrogens is 342 g/mol. The number of non-ortho nitro benzene ring substituents is 1. The summed E-state index contributed by atoms with van der Waals surface area (Å²) in [5.41, 5.74) is 2.86. The van der Waals surface area contributed by atoms with Gasteiger partial charge in [0.25, 0.3) is 11.6 Å². The molecule has 0 radical (unpaired) electrons. The van der Waals surface area contributed by atoms with Gasteiger partial charge in [0.15, 0.2) is 18.1 Å². The largest absolute Gasteiger partial charge is 0.504 e. The van der Waals surface area contributed by atoms with Gasteiger partial charge in [-0.3, -0.25) is 14.9 Å². The van der Waals surface area contributed by atoms with Gasteiger partial charge in [-0.15, -0.1) is 0 Å². The molecule has 1 amide bonds. The van der Waals surface area contributed by atoms with Crippen LogP contribution in [0.2, 0.25) is 0 Å². The topological polar surface area (TPSA) is 123 Å². The lowest BCUT2D eigenvalue weighted by Gasteiger charge is -2.06. The second kappa shape index (κ2) is 9.02. The molecule has 0 fully saturated rings. The third kappa shape index (κ3) is 5.48. The number of rotatable bonds is 8. The van der Waals surface area contributed by atoms with E-state index in [1.54, 1.807) is 19.1 Å². The molecule has 0 saturated heterocycles. The lowest BCUT2D eigenvalue weighted by molar-refractivity contribution is -0.384. The van der Waals surface area contributed by atoms with Crippen molar-refractivity contribution in [3.8, 4) is 17.2 Å². The Morgan fingerprint density at radius 1 is 1.27 bits per heavy atom. The Labute approximate surface area is 149 Å². The fourth-order valence-electron chi connectivity index (χ4n) is 1.91. The minimum atomic E-state index is -0.522. The van der Waals surface area contributed by atoms with Gasteiger partial charge in [-0.05, 0) is 42.8 Å². The van der Waals surface area contributed by atoms with Crippen molar-refractivity contribution in [2.75, 3.05) is 13.2 Å². The predicted molar refractivity (Wildman–Crippen MR) is 93.6 cm³/mol. The van der Waals surface area contributed by atoms with Crippen LogP contribution in [0.4, 0.5) is 5.69 Å². The van der Waals surface area contributed by atoms with Crippen molar-refractivity contribution in [2.24, 2.45) is 5.10 Å². The quantitative estimate of drug-likeness (QED) is 0.423. The van der Waals surface area contributed by atoms with Gasteiger partial charge in [-0.2, -0.15) is 5.10 Å². The van der Waals surface area contributed by atoms with E-state index in [4.69, 9.17) is 9.47 Å². The van der Waals surface area contributed by atoms with Crippen LogP contribution < -0.4 is 14.9 Å². The predicted octanol–water partition coefficient (Wildman–Crippen LogP) is 2.23. The van der Waals surface area contributed by atoms with Gasteiger partial charge in [-0.1, -0.05) is 0 Å². The summed E-state index contributed by atoms with van der Waals surface area (Å²) in [7, 11) is 0. The number of carbonyl (C=O) groups excluding carboxylic acids is 1. The van der Waals surface area contributed by atoms with E-state index in [1.165, 1.54) is 36.5 Å². The average Bonchev–Trinajstić information content (AvgIpc) is 2.63. The van der Waals surface area contributed by atoms with Crippen molar-refractivity contribution in [1.82, 2.24) is 5.43 Å². The Morgan fingerprint density at radius 3 is 2.65 bits per heavy atom. The third-order valence-electron chi connectivity index (χ3n) is 3.10. The van der Waals surface area contributed by atoms with Gasteiger partial charge in [0.1, 0.15) is 5.75 Å². The first kappa shape index (κ1) is 18.7. The molecule has 0 aliphatic heterocycles. The molecule has 0 aliphatic rings.